The van der Waals surface area contributed by atoms with E-state index in [9.17, 15) is 5.26 Å². The van der Waals surface area contributed by atoms with E-state index in [0.29, 0.717) is 5.92 Å². The van der Waals surface area contributed by atoms with Gasteiger partial charge in [-0.25, -0.2) is 0 Å². The highest BCUT2D eigenvalue weighted by molar-refractivity contribution is 5.87. The normalized spacial score (nSPS) is 26.2. The lowest BCUT2D eigenvalue weighted by atomic mass is 9.88. The number of nitriles is 1. The molecule has 18 heavy (non-hydrogen) atoms. The van der Waals surface area contributed by atoms with Gasteiger partial charge in [0.15, 0.2) is 0 Å². The lowest BCUT2D eigenvalue weighted by Gasteiger charge is -2.10. The molecule has 0 radical (unpaired) electrons. The first-order valence-electron chi connectivity index (χ1n) is 6.26. The van der Waals surface area contributed by atoms with Gasteiger partial charge in [-0.05, 0) is 16.7 Å². The van der Waals surface area contributed by atoms with Crippen molar-refractivity contribution < 1.29 is 4.74 Å². The number of fused-ring (bicyclic) bond motifs is 1. The molecule has 1 saturated heterocycles. The van der Waals surface area contributed by atoms with Crippen molar-refractivity contribution in [3.05, 3.63) is 48.0 Å². The summed E-state index contributed by atoms with van der Waals surface area (Å²) >= 11 is 0. The second kappa shape index (κ2) is 3.83. The molecule has 2 heteroatoms. The molecule has 1 aliphatic rings. The van der Waals surface area contributed by atoms with Gasteiger partial charge in [0.1, 0.15) is 12.2 Å². The van der Waals surface area contributed by atoms with E-state index in [-0.39, 0.29) is 6.10 Å². The topological polar surface area (TPSA) is 36.3 Å². The summed E-state index contributed by atoms with van der Waals surface area (Å²) in [4.78, 5) is 0. The maximum Gasteiger partial charge on any atom is 0.207 e. The predicted molar refractivity (Wildman–Crippen MR) is 71.0 cm³/mol. The number of epoxide rings is 1. The number of rotatable bonds is 2. The van der Waals surface area contributed by atoms with Crippen LogP contribution >= 0.6 is 0 Å². The van der Waals surface area contributed by atoms with Crippen LogP contribution in [0.5, 0.6) is 0 Å². The molecule has 3 rings (SSSR count). The molecule has 0 saturated carbocycles. The third kappa shape index (κ3) is 1.45. The first-order chi connectivity index (χ1) is 8.69. The molecule has 2 aromatic carbocycles. The number of ether oxygens (including phenoxy) is 1. The molecule has 0 aliphatic carbocycles. The van der Waals surface area contributed by atoms with Crippen LogP contribution in [0.4, 0.5) is 0 Å². The second-order valence-electron chi connectivity index (χ2n) is 5.16. The Morgan fingerprint density at radius 3 is 2.56 bits per heavy atom. The van der Waals surface area contributed by atoms with Crippen molar-refractivity contribution in [2.75, 3.05) is 0 Å². The Morgan fingerprint density at radius 2 is 1.89 bits per heavy atom. The van der Waals surface area contributed by atoms with Gasteiger partial charge in [0.05, 0.1) is 0 Å². The van der Waals surface area contributed by atoms with Crippen molar-refractivity contribution in [3.63, 3.8) is 0 Å². The van der Waals surface area contributed by atoms with E-state index < -0.39 is 5.60 Å². The van der Waals surface area contributed by atoms with Crippen LogP contribution in [0, 0.1) is 17.2 Å². The average Bonchev–Trinajstić information content (AvgIpc) is 3.14. The summed E-state index contributed by atoms with van der Waals surface area (Å²) in [6.45, 7) is 4.18. The van der Waals surface area contributed by atoms with Crippen molar-refractivity contribution in [2.45, 2.75) is 25.6 Å². The van der Waals surface area contributed by atoms with Gasteiger partial charge in [-0.1, -0.05) is 56.3 Å². The number of benzene rings is 2. The Labute approximate surface area is 107 Å². The number of nitrogens with zero attached hydrogens (tertiary/aromatic N) is 1. The largest absolute Gasteiger partial charge is 0.345 e. The summed E-state index contributed by atoms with van der Waals surface area (Å²) in [6.07, 6.45) is 0.00769. The number of hydrogen-bond donors (Lipinski definition) is 0. The predicted octanol–water partition coefficient (Wildman–Crippen LogP) is 3.61. The first kappa shape index (κ1) is 11.3. The minimum atomic E-state index is -0.741. The fourth-order valence-corrected chi connectivity index (χ4v) is 2.69. The minimum absolute atomic E-state index is 0.00769. The highest BCUT2D eigenvalue weighted by Crippen LogP contribution is 2.51. The molecule has 90 valence electrons. The molecule has 0 amide bonds. The molecule has 2 nitrogen and oxygen atoms in total. The Morgan fingerprint density at radius 1 is 1.17 bits per heavy atom. The fourth-order valence-electron chi connectivity index (χ4n) is 2.69. The van der Waals surface area contributed by atoms with Gasteiger partial charge in [-0.3, -0.25) is 0 Å². The van der Waals surface area contributed by atoms with Gasteiger partial charge in [-0.2, -0.15) is 5.26 Å². The molecule has 1 aliphatic heterocycles. The maximum atomic E-state index is 9.51. The van der Waals surface area contributed by atoms with Crippen LogP contribution in [0.2, 0.25) is 0 Å². The van der Waals surface area contributed by atoms with E-state index in [4.69, 9.17) is 4.74 Å². The lowest BCUT2D eigenvalue weighted by Crippen LogP contribution is -2.14. The summed E-state index contributed by atoms with van der Waals surface area (Å²) in [7, 11) is 0. The molecule has 1 heterocycles. The van der Waals surface area contributed by atoms with Crippen molar-refractivity contribution in [1.29, 1.82) is 5.26 Å². The molecule has 0 bridgehead atoms. The van der Waals surface area contributed by atoms with Gasteiger partial charge >= 0.3 is 0 Å². The summed E-state index contributed by atoms with van der Waals surface area (Å²) in [5.41, 5.74) is 0.261. The zero-order chi connectivity index (χ0) is 12.8. The second-order valence-corrected chi connectivity index (χ2v) is 5.16. The van der Waals surface area contributed by atoms with Crippen LogP contribution in [0.3, 0.4) is 0 Å². The smallest absolute Gasteiger partial charge is 0.207 e. The fraction of sp³-hybridized carbons (Fsp3) is 0.312. The highest BCUT2D eigenvalue weighted by atomic mass is 16.6. The molecule has 2 atom stereocenters. The number of hydrogen-bond acceptors (Lipinski definition) is 2. The van der Waals surface area contributed by atoms with Crippen LogP contribution in [0.15, 0.2) is 42.5 Å². The quantitative estimate of drug-likeness (QED) is 0.748. The van der Waals surface area contributed by atoms with Gasteiger partial charge in [0.2, 0.25) is 5.60 Å². The summed E-state index contributed by atoms with van der Waals surface area (Å²) < 4.78 is 5.75. The standard InChI is InChI=1S/C16H15NO/c1-11(2)15-16(10-17,18-15)14-9-5-7-12-6-3-4-8-13(12)14/h3-9,11,15H,1-2H3. The molecular weight excluding hydrogens is 222 g/mol. The van der Waals surface area contributed by atoms with Crippen LogP contribution in [-0.4, -0.2) is 6.10 Å². The van der Waals surface area contributed by atoms with Crippen LogP contribution in [0.25, 0.3) is 10.8 Å². The first-order valence-corrected chi connectivity index (χ1v) is 6.26. The third-order valence-electron chi connectivity index (χ3n) is 3.62. The molecule has 1 fully saturated rings. The molecule has 0 aromatic heterocycles. The zero-order valence-corrected chi connectivity index (χ0v) is 10.6. The maximum absolute atomic E-state index is 9.51. The summed E-state index contributed by atoms with van der Waals surface area (Å²) in [6, 6.07) is 16.6. The average molecular weight is 237 g/mol. The SMILES string of the molecule is CC(C)C1OC1(C#N)c1cccc2ccccc12. The summed E-state index contributed by atoms with van der Waals surface area (Å²) in [5.74, 6) is 0.351. The Bertz CT molecular complexity index is 636. The monoisotopic (exact) mass is 237 g/mol. The third-order valence-corrected chi connectivity index (χ3v) is 3.62. The van der Waals surface area contributed by atoms with E-state index in [0.717, 1.165) is 16.3 Å². The van der Waals surface area contributed by atoms with E-state index in [1.807, 2.05) is 24.3 Å². The Balaban J connectivity index is 2.19. The molecule has 2 aromatic rings. The molecular formula is C16H15NO. The minimum Gasteiger partial charge on any atom is -0.345 e. The van der Waals surface area contributed by atoms with Crippen molar-refractivity contribution in [3.8, 4) is 6.07 Å². The van der Waals surface area contributed by atoms with Gasteiger partial charge in [-0.15, -0.1) is 0 Å². The van der Waals surface area contributed by atoms with Crippen molar-refractivity contribution in [2.24, 2.45) is 5.92 Å². The van der Waals surface area contributed by atoms with E-state index in [1.165, 1.54) is 0 Å². The van der Waals surface area contributed by atoms with Crippen LogP contribution in [-0.2, 0) is 10.3 Å². The van der Waals surface area contributed by atoms with Gasteiger partial charge in [0.25, 0.3) is 0 Å². The van der Waals surface area contributed by atoms with Crippen LogP contribution < -0.4 is 0 Å². The molecule has 0 spiro atoms. The highest BCUT2D eigenvalue weighted by Gasteiger charge is 2.60. The Hall–Kier alpha value is -1.85. The van der Waals surface area contributed by atoms with Gasteiger partial charge < -0.3 is 4.74 Å². The zero-order valence-electron chi connectivity index (χ0n) is 10.6. The van der Waals surface area contributed by atoms with E-state index in [2.05, 4.69) is 38.1 Å². The Kier molecular flexibility index (Phi) is 2.39. The van der Waals surface area contributed by atoms with Gasteiger partial charge in [0, 0.05) is 5.56 Å². The van der Waals surface area contributed by atoms with Crippen molar-refractivity contribution >= 4 is 10.8 Å². The van der Waals surface area contributed by atoms with E-state index in [1.54, 1.807) is 0 Å². The molecule has 2 unspecified atom stereocenters. The summed E-state index contributed by atoms with van der Waals surface area (Å²) in [5, 5.41) is 11.8. The van der Waals surface area contributed by atoms with E-state index >= 15 is 0 Å². The van der Waals surface area contributed by atoms with Crippen LogP contribution in [0.1, 0.15) is 19.4 Å². The lowest BCUT2D eigenvalue weighted by molar-refractivity contribution is 0.314. The van der Waals surface area contributed by atoms with Crippen molar-refractivity contribution in [1.82, 2.24) is 0 Å². The molecule has 0 N–H and O–H groups in total.